The highest BCUT2D eigenvalue weighted by molar-refractivity contribution is 7.15. The van der Waals surface area contributed by atoms with E-state index in [0.717, 1.165) is 61.3 Å². The van der Waals surface area contributed by atoms with E-state index in [-0.39, 0.29) is 5.60 Å². The number of hydrogen-bond acceptors (Lipinski definition) is 9. The quantitative estimate of drug-likeness (QED) is 0.375. The zero-order valence-corrected chi connectivity index (χ0v) is 21.4. The molecule has 2 fully saturated rings. The molecule has 17 heteroatoms. The van der Waals surface area contributed by atoms with Crippen LogP contribution in [0.15, 0.2) is 24.5 Å². The van der Waals surface area contributed by atoms with Crippen LogP contribution in [0.1, 0.15) is 29.8 Å². The highest BCUT2D eigenvalue weighted by Gasteiger charge is 2.48. The normalized spacial score (nSPS) is 18.2. The van der Waals surface area contributed by atoms with Crippen molar-refractivity contribution in [1.29, 1.82) is 0 Å². The fraction of sp³-hybridized carbons (Fsp3) is 0.591. The van der Waals surface area contributed by atoms with E-state index in [1.807, 2.05) is 19.2 Å². The van der Waals surface area contributed by atoms with Crippen LogP contribution in [0.3, 0.4) is 0 Å². The summed E-state index contributed by atoms with van der Waals surface area (Å²) < 4.78 is 75.4. The SMILES string of the molecule is Cc1nnc(N2CC3(CC(CCOCc4cccnc4)CCO3)C2)s1.O=C(O)C(F)(F)F.O=C(O)C(F)(F)F. The molecule has 2 aromatic rings. The number of halogens is 6. The first kappa shape index (κ1) is 32.2. The molecule has 0 saturated carbocycles. The Bertz CT molecular complexity index is 1040. The number of hydrogen-bond donors (Lipinski definition) is 2. The van der Waals surface area contributed by atoms with Gasteiger partial charge in [-0.1, -0.05) is 17.4 Å². The van der Waals surface area contributed by atoms with Crippen molar-refractivity contribution in [2.45, 2.75) is 50.7 Å². The van der Waals surface area contributed by atoms with Gasteiger partial charge in [0.1, 0.15) is 10.6 Å². The Labute approximate surface area is 222 Å². The number of aryl methyl sites for hydroxylation is 1. The number of carboxylic acids is 2. The van der Waals surface area contributed by atoms with Crippen LogP contribution in [0, 0.1) is 12.8 Å². The van der Waals surface area contributed by atoms with Gasteiger partial charge in [-0.3, -0.25) is 4.98 Å². The van der Waals surface area contributed by atoms with Crippen LogP contribution in [-0.4, -0.2) is 81.6 Å². The Morgan fingerprint density at radius 3 is 2.26 bits per heavy atom. The van der Waals surface area contributed by atoms with Gasteiger partial charge >= 0.3 is 24.3 Å². The van der Waals surface area contributed by atoms with Gasteiger partial charge in [-0.2, -0.15) is 26.3 Å². The van der Waals surface area contributed by atoms with Crippen molar-refractivity contribution in [3.05, 3.63) is 35.1 Å². The Morgan fingerprint density at radius 2 is 1.77 bits per heavy atom. The number of nitrogens with zero attached hydrogens (tertiary/aromatic N) is 4. The standard InChI is InChI=1S/C18H24N4O2S.2C2HF3O2/c1-14-20-21-17(25-14)22-12-18(13-22)9-15(5-8-24-18)4-7-23-11-16-3-2-6-19-10-16;2*3-2(4,5)1(6)7/h2-3,6,10,15H,4-5,7-9,11-13H2,1H3;2*(H,6,7). The summed E-state index contributed by atoms with van der Waals surface area (Å²) >= 11 is 1.66. The summed E-state index contributed by atoms with van der Waals surface area (Å²) in [5, 5.41) is 24.6. The van der Waals surface area contributed by atoms with Gasteiger partial charge in [0, 0.05) is 25.6 Å². The van der Waals surface area contributed by atoms with Gasteiger partial charge in [0.25, 0.3) is 0 Å². The molecule has 4 rings (SSSR count). The average molecular weight is 589 g/mol. The highest BCUT2D eigenvalue weighted by Crippen LogP contribution is 2.40. The van der Waals surface area contributed by atoms with Crippen LogP contribution in [0.5, 0.6) is 0 Å². The molecule has 2 aliphatic rings. The Kier molecular flexibility index (Phi) is 11.4. The molecule has 10 nitrogen and oxygen atoms in total. The number of pyridine rings is 1. The first-order chi connectivity index (χ1) is 18.1. The summed E-state index contributed by atoms with van der Waals surface area (Å²) in [6.07, 6.45) is -3.16. The van der Waals surface area contributed by atoms with Gasteiger partial charge < -0.3 is 24.6 Å². The van der Waals surface area contributed by atoms with Crippen LogP contribution in [0.2, 0.25) is 0 Å². The van der Waals surface area contributed by atoms with Crippen LogP contribution in [-0.2, 0) is 25.7 Å². The van der Waals surface area contributed by atoms with Crippen molar-refractivity contribution in [2.24, 2.45) is 5.92 Å². The molecule has 0 bridgehead atoms. The van der Waals surface area contributed by atoms with E-state index >= 15 is 0 Å². The molecule has 4 heterocycles. The van der Waals surface area contributed by atoms with E-state index in [9.17, 15) is 26.3 Å². The van der Waals surface area contributed by atoms with Crippen molar-refractivity contribution in [3.8, 4) is 0 Å². The first-order valence-electron chi connectivity index (χ1n) is 11.4. The molecule has 218 valence electrons. The molecule has 0 radical (unpaired) electrons. The third-order valence-electron chi connectivity index (χ3n) is 5.49. The van der Waals surface area contributed by atoms with E-state index in [1.165, 1.54) is 0 Å². The zero-order valence-electron chi connectivity index (χ0n) is 20.5. The Morgan fingerprint density at radius 1 is 1.15 bits per heavy atom. The number of carbonyl (C=O) groups is 2. The van der Waals surface area contributed by atoms with Gasteiger partial charge in [-0.25, -0.2) is 9.59 Å². The van der Waals surface area contributed by atoms with E-state index < -0.39 is 24.3 Å². The largest absolute Gasteiger partial charge is 0.490 e. The molecule has 1 atom stereocenters. The minimum Gasteiger partial charge on any atom is -0.475 e. The van der Waals surface area contributed by atoms with Gasteiger partial charge in [0.15, 0.2) is 0 Å². The number of aliphatic carboxylic acids is 2. The van der Waals surface area contributed by atoms with Gasteiger partial charge in [-0.05, 0) is 43.7 Å². The molecule has 0 amide bonds. The second kappa shape index (κ2) is 13.8. The zero-order chi connectivity index (χ0) is 29.3. The lowest BCUT2D eigenvalue weighted by atomic mass is 9.79. The van der Waals surface area contributed by atoms with Crippen LogP contribution < -0.4 is 4.90 Å². The maximum absolute atomic E-state index is 10.6. The number of alkyl halides is 6. The van der Waals surface area contributed by atoms with E-state index in [1.54, 1.807) is 17.5 Å². The topological polar surface area (TPSA) is 135 Å². The molecule has 1 spiro atoms. The van der Waals surface area contributed by atoms with Crippen molar-refractivity contribution < 1.29 is 55.6 Å². The van der Waals surface area contributed by atoms with Gasteiger partial charge in [0.05, 0.1) is 19.7 Å². The predicted octanol–water partition coefficient (Wildman–Crippen LogP) is 4.10. The predicted molar refractivity (Wildman–Crippen MR) is 124 cm³/mol. The van der Waals surface area contributed by atoms with Crippen LogP contribution in [0.4, 0.5) is 31.5 Å². The molecule has 2 N–H and O–H groups in total. The molecule has 39 heavy (non-hydrogen) atoms. The number of rotatable bonds is 6. The highest BCUT2D eigenvalue weighted by atomic mass is 32.1. The maximum Gasteiger partial charge on any atom is 0.490 e. The van der Waals surface area contributed by atoms with E-state index in [4.69, 9.17) is 29.3 Å². The average Bonchev–Trinajstić information content (AvgIpc) is 3.26. The molecule has 2 saturated heterocycles. The monoisotopic (exact) mass is 588 g/mol. The Balaban J connectivity index is 0.000000317. The summed E-state index contributed by atoms with van der Waals surface area (Å²) in [5.74, 6) is -4.83. The van der Waals surface area contributed by atoms with Crippen LogP contribution in [0.25, 0.3) is 0 Å². The minimum absolute atomic E-state index is 0.0197. The Hall–Kier alpha value is -3.05. The molecular weight excluding hydrogens is 562 g/mol. The van der Waals surface area contributed by atoms with Crippen molar-refractivity contribution >= 4 is 28.4 Å². The van der Waals surface area contributed by atoms with Gasteiger partial charge in [-0.15, -0.1) is 10.2 Å². The molecule has 2 aliphatic heterocycles. The molecular formula is C22H26F6N4O6S. The lowest BCUT2D eigenvalue weighted by Gasteiger charge is -2.53. The summed E-state index contributed by atoms with van der Waals surface area (Å²) in [6.45, 7) is 6.18. The van der Waals surface area contributed by atoms with E-state index in [0.29, 0.717) is 12.5 Å². The summed E-state index contributed by atoms with van der Waals surface area (Å²) in [6, 6.07) is 4.00. The second-order valence-electron chi connectivity index (χ2n) is 8.66. The molecule has 2 aromatic heterocycles. The van der Waals surface area contributed by atoms with Gasteiger partial charge in [0.2, 0.25) is 5.13 Å². The van der Waals surface area contributed by atoms with Crippen molar-refractivity contribution in [3.63, 3.8) is 0 Å². The fourth-order valence-electron chi connectivity index (χ4n) is 3.72. The van der Waals surface area contributed by atoms with Crippen molar-refractivity contribution in [2.75, 3.05) is 31.2 Å². The van der Waals surface area contributed by atoms with Crippen molar-refractivity contribution in [1.82, 2.24) is 15.2 Å². The summed E-state index contributed by atoms with van der Waals surface area (Å²) in [7, 11) is 0. The third kappa shape index (κ3) is 10.9. The number of aromatic nitrogens is 3. The number of carboxylic acid groups (broad SMARTS) is 2. The summed E-state index contributed by atoms with van der Waals surface area (Å²) in [5.41, 5.74) is 1.15. The first-order valence-corrected chi connectivity index (χ1v) is 12.2. The lowest BCUT2D eigenvalue weighted by Crippen LogP contribution is -2.65. The smallest absolute Gasteiger partial charge is 0.475 e. The minimum atomic E-state index is -5.08. The molecule has 0 aromatic carbocycles. The lowest BCUT2D eigenvalue weighted by molar-refractivity contribution is -0.193. The number of anilines is 1. The molecule has 1 unspecified atom stereocenters. The summed E-state index contributed by atoms with van der Waals surface area (Å²) in [4.78, 5) is 24.2. The van der Waals surface area contributed by atoms with Crippen LogP contribution >= 0.6 is 11.3 Å². The van der Waals surface area contributed by atoms with E-state index in [2.05, 4.69) is 26.1 Å². The maximum atomic E-state index is 10.6. The second-order valence-corrected chi connectivity index (χ2v) is 9.82. The fourth-order valence-corrected chi connectivity index (χ4v) is 4.40. The number of ether oxygens (including phenoxy) is 2. The third-order valence-corrected chi connectivity index (χ3v) is 6.39. The molecule has 0 aliphatic carbocycles.